The number of nitrogens with zero attached hydrogens (tertiary/aromatic N) is 2. The molecule has 2 aromatic heterocycles. The van der Waals surface area contributed by atoms with Crippen molar-refractivity contribution in [3.63, 3.8) is 0 Å². The fourth-order valence-corrected chi connectivity index (χ4v) is 7.74. The molecule has 0 unspecified atom stereocenters. The number of rotatable bonds is 1. The highest BCUT2D eigenvalue weighted by atomic mass is 16.3. The lowest BCUT2D eigenvalue weighted by Gasteiger charge is -2.62. The predicted octanol–water partition coefficient (Wildman–Crippen LogP) is 4.85. The van der Waals surface area contributed by atoms with Crippen LogP contribution in [0.1, 0.15) is 88.7 Å². The molecule has 0 spiro atoms. The summed E-state index contributed by atoms with van der Waals surface area (Å²) < 4.78 is 0. The van der Waals surface area contributed by atoms with Gasteiger partial charge in [0.25, 0.3) is 0 Å². The molecule has 4 nitrogen and oxygen atoms in total. The number of hydrogen-bond acceptors (Lipinski definition) is 4. The van der Waals surface area contributed by atoms with Gasteiger partial charge < -0.3 is 10.2 Å². The van der Waals surface area contributed by atoms with Crippen molar-refractivity contribution in [2.24, 2.45) is 22.7 Å². The Bertz CT molecular complexity index is 1010. The van der Waals surface area contributed by atoms with Crippen LogP contribution in [-0.2, 0) is 11.2 Å². The molecular weight excluding hydrogens is 372 g/mol. The van der Waals surface area contributed by atoms with E-state index >= 15 is 0 Å². The molecule has 0 saturated heterocycles. The summed E-state index contributed by atoms with van der Waals surface area (Å²) >= 11 is 0. The maximum atomic E-state index is 11.4. The third-order valence-electron chi connectivity index (χ3n) is 9.72. The average molecular weight is 405 g/mol. The van der Waals surface area contributed by atoms with Crippen molar-refractivity contribution in [3.05, 3.63) is 46.8 Å². The molecule has 0 aromatic carbocycles. The molecule has 30 heavy (non-hydrogen) atoms. The van der Waals surface area contributed by atoms with Crippen LogP contribution in [0.25, 0.3) is 11.4 Å². The van der Waals surface area contributed by atoms with Gasteiger partial charge in [-0.25, -0.2) is 9.97 Å². The molecule has 0 aliphatic heterocycles. The van der Waals surface area contributed by atoms with Crippen LogP contribution in [0.15, 0.2) is 24.3 Å². The Hall–Kier alpha value is -1.78. The minimum atomic E-state index is -0.922. The number of pyridine rings is 2. The fraction of sp³-hybridized carbons (Fsp3) is 0.615. The molecule has 0 amide bonds. The first-order valence-electron chi connectivity index (χ1n) is 11.4. The number of aromatic nitrogens is 2. The highest BCUT2D eigenvalue weighted by Crippen LogP contribution is 2.68. The average Bonchev–Trinajstić information content (AvgIpc) is 2.65. The first-order chi connectivity index (χ1) is 13.9. The van der Waals surface area contributed by atoms with Crippen LogP contribution in [-0.4, -0.2) is 20.2 Å². The zero-order chi connectivity index (χ0) is 21.4. The third kappa shape index (κ3) is 1.96. The summed E-state index contributed by atoms with van der Waals surface area (Å²) in [6, 6.07) is 8.38. The standard InChI is InChI=1S/C26H32N2O2/c1-23(2)15-11-19(23)25(5,29)21-13(15)7-9-17(27-21)18-10-8-14-16-12-20(24(16,3)4)26(6,30)22(14)28-18/h7-10,15-16,19-20,29-30H,11-12H2,1-6H3/t15-,16-,19-,20-,25+,26+/m1/s1. The molecule has 6 atom stereocenters. The van der Waals surface area contributed by atoms with E-state index in [0.29, 0.717) is 11.8 Å². The molecule has 8 rings (SSSR count). The van der Waals surface area contributed by atoms with E-state index < -0.39 is 11.2 Å². The Balaban J connectivity index is 1.46. The van der Waals surface area contributed by atoms with Gasteiger partial charge in [-0.3, -0.25) is 0 Å². The summed E-state index contributed by atoms with van der Waals surface area (Å²) in [7, 11) is 0. The Morgan fingerprint density at radius 2 is 1.03 bits per heavy atom. The Kier molecular flexibility index (Phi) is 3.26. The Morgan fingerprint density at radius 3 is 1.37 bits per heavy atom. The van der Waals surface area contributed by atoms with E-state index in [-0.39, 0.29) is 22.7 Å². The van der Waals surface area contributed by atoms with Gasteiger partial charge in [0.05, 0.1) is 22.8 Å². The summed E-state index contributed by atoms with van der Waals surface area (Å²) in [5.41, 5.74) is 3.94. The largest absolute Gasteiger partial charge is 0.384 e. The van der Waals surface area contributed by atoms with Crippen LogP contribution in [0, 0.1) is 22.7 Å². The van der Waals surface area contributed by atoms with Gasteiger partial charge in [0, 0.05) is 0 Å². The first kappa shape index (κ1) is 18.9. The normalized spacial score (nSPS) is 41.2. The first-order valence-corrected chi connectivity index (χ1v) is 11.4. The van der Waals surface area contributed by atoms with Gasteiger partial charge in [-0.1, -0.05) is 39.8 Å². The minimum Gasteiger partial charge on any atom is -0.384 e. The SMILES string of the molecule is CC1(C)[C@@H]2C[C@H]1[C@](C)(O)c1nc(-c3ccc4c(n3)[C@@](C)(O)[C@@H]3C[C@H]4C3(C)C)ccc12. The van der Waals surface area contributed by atoms with Gasteiger partial charge in [-0.05, 0) is 84.5 Å². The molecule has 2 aromatic rings. The van der Waals surface area contributed by atoms with E-state index in [1.807, 2.05) is 26.0 Å². The van der Waals surface area contributed by atoms with E-state index in [9.17, 15) is 10.2 Å². The number of hydrogen-bond donors (Lipinski definition) is 2. The molecular formula is C26H32N2O2. The lowest BCUT2D eigenvalue weighted by atomic mass is 9.44. The van der Waals surface area contributed by atoms with Crippen molar-refractivity contribution in [2.45, 2.75) is 77.4 Å². The zero-order valence-corrected chi connectivity index (χ0v) is 18.8. The monoisotopic (exact) mass is 404 g/mol. The molecule has 2 saturated carbocycles. The van der Waals surface area contributed by atoms with Crippen molar-refractivity contribution >= 4 is 0 Å². The smallest absolute Gasteiger partial charge is 0.107 e. The van der Waals surface area contributed by atoms with Crippen LogP contribution in [0.5, 0.6) is 0 Å². The maximum Gasteiger partial charge on any atom is 0.107 e. The van der Waals surface area contributed by atoms with E-state index in [1.54, 1.807) is 0 Å². The Labute approximate surface area is 178 Å². The van der Waals surface area contributed by atoms with Gasteiger partial charge >= 0.3 is 0 Å². The minimum absolute atomic E-state index is 0.107. The van der Waals surface area contributed by atoms with Crippen molar-refractivity contribution in [3.8, 4) is 11.4 Å². The topological polar surface area (TPSA) is 66.2 Å². The summed E-state index contributed by atoms with van der Waals surface area (Å²) in [6.07, 6.45) is 2.07. The zero-order valence-electron chi connectivity index (χ0n) is 18.8. The predicted molar refractivity (Wildman–Crippen MR) is 116 cm³/mol. The molecule has 2 heterocycles. The van der Waals surface area contributed by atoms with Gasteiger partial charge in [-0.2, -0.15) is 0 Å². The van der Waals surface area contributed by atoms with Crippen LogP contribution in [0.4, 0.5) is 0 Å². The third-order valence-corrected chi connectivity index (χ3v) is 9.72. The molecule has 0 radical (unpaired) electrons. The molecule has 6 aliphatic carbocycles. The van der Waals surface area contributed by atoms with Crippen molar-refractivity contribution in [2.75, 3.05) is 0 Å². The van der Waals surface area contributed by atoms with Crippen LogP contribution in [0.3, 0.4) is 0 Å². The molecule has 4 heteroatoms. The highest BCUT2D eigenvalue weighted by Gasteiger charge is 2.63. The summed E-state index contributed by atoms with van der Waals surface area (Å²) in [5, 5.41) is 22.8. The summed E-state index contributed by atoms with van der Waals surface area (Å²) in [6.45, 7) is 12.9. The quantitative estimate of drug-likeness (QED) is 0.713. The van der Waals surface area contributed by atoms with Crippen LogP contribution in [0.2, 0.25) is 0 Å². The number of aliphatic hydroxyl groups is 2. The molecule has 4 bridgehead atoms. The van der Waals surface area contributed by atoms with E-state index in [2.05, 4.69) is 39.8 Å². The van der Waals surface area contributed by atoms with E-state index in [1.165, 1.54) is 11.1 Å². The molecule has 2 fully saturated rings. The molecule has 2 N–H and O–H groups in total. The summed E-state index contributed by atoms with van der Waals surface area (Å²) in [5.74, 6) is 1.39. The van der Waals surface area contributed by atoms with Crippen molar-refractivity contribution in [1.29, 1.82) is 0 Å². The molecule has 158 valence electrons. The lowest BCUT2D eigenvalue weighted by molar-refractivity contribution is -0.149. The van der Waals surface area contributed by atoms with Crippen molar-refractivity contribution in [1.82, 2.24) is 9.97 Å². The second-order valence-corrected chi connectivity index (χ2v) is 11.9. The highest BCUT2D eigenvalue weighted by molar-refractivity contribution is 5.59. The lowest BCUT2D eigenvalue weighted by Crippen LogP contribution is -2.58. The van der Waals surface area contributed by atoms with Crippen molar-refractivity contribution < 1.29 is 10.2 Å². The van der Waals surface area contributed by atoms with Crippen LogP contribution < -0.4 is 0 Å². The van der Waals surface area contributed by atoms with E-state index in [0.717, 1.165) is 35.6 Å². The second kappa shape index (κ2) is 5.16. The second-order valence-electron chi connectivity index (χ2n) is 11.9. The Morgan fingerprint density at radius 1 is 0.667 bits per heavy atom. The summed E-state index contributed by atoms with van der Waals surface area (Å²) in [4.78, 5) is 9.89. The van der Waals surface area contributed by atoms with Crippen LogP contribution >= 0.6 is 0 Å². The van der Waals surface area contributed by atoms with Gasteiger partial charge in [0.2, 0.25) is 0 Å². The maximum absolute atomic E-state index is 11.4. The van der Waals surface area contributed by atoms with Gasteiger partial charge in [-0.15, -0.1) is 0 Å². The van der Waals surface area contributed by atoms with Gasteiger partial charge in [0.15, 0.2) is 0 Å². The molecule has 6 aliphatic rings. The fourth-order valence-electron chi connectivity index (χ4n) is 7.74. The van der Waals surface area contributed by atoms with Gasteiger partial charge in [0.1, 0.15) is 11.2 Å². The van der Waals surface area contributed by atoms with E-state index in [4.69, 9.17) is 9.97 Å².